The van der Waals surface area contributed by atoms with Gasteiger partial charge in [0.05, 0.1) is 12.7 Å². The van der Waals surface area contributed by atoms with Crippen molar-refractivity contribution in [2.45, 2.75) is 25.0 Å². The average Bonchev–Trinajstić information content (AvgIpc) is 3.10. The first-order valence-corrected chi connectivity index (χ1v) is 9.85. The zero-order chi connectivity index (χ0) is 19.6. The number of carbonyl (C=O) groups excluding carboxylic acids is 1. The van der Waals surface area contributed by atoms with Gasteiger partial charge in [-0.15, -0.1) is 0 Å². The van der Waals surface area contributed by atoms with Crippen molar-refractivity contribution >= 4 is 17.5 Å². The molecule has 6 nitrogen and oxygen atoms in total. The van der Waals surface area contributed by atoms with E-state index in [0.29, 0.717) is 30.5 Å². The Morgan fingerprint density at radius 1 is 1.29 bits per heavy atom. The highest BCUT2D eigenvalue weighted by Crippen LogP contribution is 2.33. The fourth-order valence-corrected chi connectivity index (χ4v) is 4.17. The second-order valence-corrected chi connectivity index (χ2v) is 7.84. The second kappa shape index (κ2) is 8.07. The second-order valence-electron chi connectivity index (χ2n) is 7.45. The number of amides is 1. The molecular weight excluding hydrogens is 378 g/mol. The summed E-state index contributed by atoms with van der Waals surface area (Å²) in [5.41, 5.74) is 1.64. The molecule has 0 unspecified atom stereocenters. The lowest BCUT2D eigenvalue weighted by atomic mass is 9.91. The van der Waals surface area contributed by atoms with E-state index in [2.05, 4.69) is 22.0 Å². The van der Waals surface area contributed by atoms with E-state index < -0.39 is 0 Å². The van der Waals surface area contributed by atoms with Crippen LogP contribution in [0.15, 0.2) is 42.6 Å². The van der Waals surface area contributed by atoms with Crippen molar-refractivity contribution in [3.63, 3.8) is 0 Å². The lowest BCUT2D eigenvalue weighted by Crippen LogP contribution is -2.48. The maximum atomic E-state index is 12.7. The van der Waals surface area contributed by atoms with Crippen LogP contribution in [0.1, 0.15) is 28.8 Å². The highest BCUT2D eigenvalue weighted by molar-refractivity contribution is 6.29. The van der Waals surface area contributed by atoms with Gasteiger partial charge in [-0.2, -0.15) is 0 Å². The van der Waals surface area contributed by atoms with Gasteiger partial charge in [0.2, 0.25) is 0 Å². The van der Waals surface area contributed by atoms with E-state index in [1.807, 2.05) is 17.0 Å². The largest absolute Gasteiger partial charge is 0.497 e. The molecule has 0 bridgehead atoms. The first kappa shape index (κ1) is 19.2. The van der Waals surface area contributed by atoms with E-state index in [1.54, 1.807) is 25.4 Å². The van der Waals surface area contributed by atoms with Crippen LogP contribution in [0.5, 0.6) is 5.75 Å². The van der Waals surface area contributed by atoms with Crippen molar-refractivity contribution < 1.29 is 14.3 Å². The van der Waals surface area contributed by atoms with Crippen LogP contribution in [0.25, 0.3) is 0 Å². The summed E-state index contributed by atoms with van der Waals surface area (Å²) in [5, 5.41) is 0.339. The zero-order valence-corrected chi connectivity index (χ0v) is 16.7. The maximum Gasteiger partial charge on any atom is 0.254 e. The van der Waals surface area contributed by atoms with Crippen LogP contribution in [0.4, 0.5) is 0 Å². The normalized spacial score (nSPS) is 19.1. The Labute approximate surface area is 170 Å². The number of benzene rings is 1. The summed E-state index contributed by atoms with van der Waals surface area (Å²) in [6.07, 6.45) is 3.25. The monoisotopic (exact) mass is 401 g/mol. The van der Waals surface area contributed by atoms with E-state index in [1.165, 1.54) is 5.56 Å². The molecule has 2 aromatic rings. The number of carbonyl (C=O) groups is 1. The van der Waals surface area contributed by atoms with E-state index in [9.17, 15) is 4.79 Å². The standard InChI is InChI=1S/C21H24ClN3O3/c1-27-18-4-2-3-16(11-18)13-24-14-21(28-15-24)6-9-25(10-7-21)20(26)17-5-8-23-19(22)12-17/h2-5,8,11-12H,6-7,9-10,13-15H2,1H3. The van der Waals surface area contributed by atoms with Crippen molar-refractivity contribution in [3.05, 3.63) is 58.9 Å². The molecule has 2 aliphatic heterocycles. The van der Waals surface area contributed by atoms with Gasteiger partial charge in [0.25, 0.3) is 5.91 Å². The predicted octanol–water partition coefficient (Wildman–Crippen LogP) is 3.21. The predicted molar refractivity (Wildman–Crippen MR) is 106 cm³/mol. The van der Waals surface area contributed by atoms with Crippen LogP contribution in [0, 0.1) is 0 Å². The molecule has 2 aliphatic rings. The molecule has 1 spiro atoms. The topological polar surface area (TPSA) is 54.9 Å². The molecule has 0 radical (unpaired) electrons. The summed E-state index contributed by atoms with van der Waals surface area (Å²) in [4.78, 5) is 20.8. The minimum atomic E-state index is -0.161. The number of nitrogens with zero attached hydrogens (tertiary/aromatic N) is 3. The van der Waals surface area contributed by atoms with Gasteiger partial charge in [0.15, 0.2) is 0 Å². The number of methoxy groups -OCH3 is 1. The lowest BCUT2D eigenvalue weighted by molar-refractivity contribution is -0.0352. The fourth-order valence-electron chi connectivity index (χ4n) is 4.00. The number of aromatic nitrogens is 1. The highest BCUT2D eigenvalue weighted by atomic mass is 35.5. The third kappa shape index (κ3) is 4.14. The van der Waals surface area contributed by atoms with E-state index in [4.69, 9.17) is 21.1 Å². The number of pyridine rings is 1. The van der Waals surface area contributed by atoms with Crippen molar-refractivity contribution in [3.8, 4) is 5.75 Å². The van der Waals surface area contributed by atoms with E-state index in [0.717, 1.165) is 31.7 Å². The molecule has 0 N–H and O–H groups in total. The van der Waals surface area contributed by atoms with Crippen molar-refractivity contribution in [2.24, 2.45) is 0 Å². The average molecular weight is 402 g/mol. The minimum absolute atomic E-state index is 0.00498. The Hall–Kier alpha value is -2.15. The molecule has 3 heterocycles. The van der Waals surface area contributed by atoms with Gasteiger partial charge in [0, 0.05) is 37.9 Å². The molecule has 1 amide bonds. The van der Waals surface area contributed by atoms with Crippen LogP contribution in [-0.2, 0) is 11.3 Å². The molecule has 2 saturated heterocycles. The summed E-state index contributed by atoms with van der Waals surface area (Å²) >= 11 is 5.91. The summed E-state index contributed by atoms with van der Waals surface area (Å²) in [7, 11) is 1.68. The molecule has 1 aromatic carbocycles. The third-order valence-corrected chi connectivity index (χ3v) is 5.75. The van der Waals surface area contributed by atoms with Crippen molar-refractivity contribution in [1.82, 2.24) is 14.8 Å². The Morgan fingerprint density at radius 3 is 2.86 bits per heavy atom. The van der Waals surface area contributed by atoms with Crippen molar-refractivity contribution in [2.75, 3.05) is 33.5 Å². The number of likely N-dealkylation sites (tertiary alicyclic amines) is 1. The molecular formula is C21H24ClN3O3. The number of halogens is 1. The summed E-state index contributed by atoms with van der Waals surface area (Å²) in [5.74, 6) is 0.876. The number of rotatable bonds is 4. The zero-order valence-electron chi connectivity index (χ0n) is 15.9. The Bertz CT molecular complexity index is 852. The van der Waals surface area contributed by atoms with E-state index in [-0.39, 0.29) is 11.5 Å². The van der Waals surface area contributed by atoms with Crippen LogP contribution in [-0.4, -0.2) is 59.8 Å². The highest BCUT2D eigenvalue weighted by Gasteiger charge is 2.42. The van der Waals surface area contributed by atoms with Crippen molar-refractivity contribution in [1.29, 1.82) is 0 Å². The van der Waals surface area contributed by atoms with Crippen LogP contribution >= 0.6 is 11.6 Å². The molecule has 0 aliphatic carbocycles. The van der Waals surface area contributed by atoms with Gasteiger partial charge in [-0.3, -0.25) is 9.69 Å². The van der Waals surface area contributed by atoms with Gasteiger partial charge in [-0.05, 0) is 42.7 Å². The van der Waals surface area contributed by atoms with Gasteiger partial charge in [-0.1, -0.05) is 23.7 Å². The molecule has 2 fully saturated rings. The van der Waals surface area contributed by atoms with Gasteiger partial charge >= 0.3 is 0 Å². The molecule has 0 saturated carbocycles. The molecule has 1 aromatic heterocycles. The van der Waals surface area contributed by atoms with Gasteiger partial charge in [0.1, 0.15) is 17.6 Å². The molecule has 7 heteroatoms. The molecule has 4 rings (SSSR count). The summed E-state index contributed by atoms with van der Waals surface area (Å²) in [6, 6.07) is 11.5. The molecule has 28 heavy (non-hydrogen) atoms. The minimum Gasteiger partial charge on any atom is -0.497 e. The SMILES string of the molecule is COc1cccc(CN2COC3(CCN(C(=O)c4ccnc(Cl)c4)CC3)C2)c1. The smallest absolute Gasteiger partial charge is 0.254 e. The number of piperidine rings is 1. The number of hydrogen-bond acceptors (Lipinski definition) is 5. The van der Waals surface area contributed by atoms with Gasteiger partial charge < -0.3 is 14.4 Å². The third-order valence-electron chi connectivity index (χ3n) is 5.54. The first-order chi connectivity index (χ1) is 13.6. The maximum absolute atomic E-state index is 12.7. The fraction of sp³-hybridized carbons (Fsp3) is 0.429. The molecule has 0 atom stereocenters. The Morgan fingerprint density at radius 2 is 2.11 bits per heavy atom. The van der Waals surface area contributed by atoms with E-state index >= 15 is 0 Å². The van der Waals surface area contributed by atoms with Crippen LogP contribution in [0.3, 0.4) is 0 Å². The molecule has 148 valence electrons. The quantitative estimate of drug-likeness (QED) is 0.736. The summed E-state index contributed by atoms with van der Waals surface area (Å²) in [6.45, 7) is 3.70. The Balaban J connectivity index is 1.34. The Kier molecular flexibility index (Phi) is 5.53. The number of hydrogen-bond donors (Lipinski definition) is 0. The first-order valence-electron chi connectivity index (χ1n) is 9.47. The number of ether oxygens (including phenoxy) is 2. The van der Waals surface area contributed by atoms with Crippen LogP contribution in [0.2, 0.25) is 5.15 Å². The summed E-state index contributed by atoms with van der Waals surface area (Å²) < 4.78 is 11.5. The lowest BCUT2D eigenvalue weighted by Gasteiger charge is -2.38. The van der Waals surface area contributed by atoms with Gasteiger partial charge in [-0.25, -0.2) is 4.98 Å². The van der Waals surface area contributed by atoms with Crippen LogP contribution < -0.4 is 4.74 Å².